The average Bonchev–Trinajstić information content (AvgIpc) is 2.92. The number of nitrogens with one attached hydrogen (secondary N) is 1. The number of rotatable bonds is 5. The third-order valence-corrected chi connectivity index (χ3v) is 10.2. The van der Waals surface area contributed by atoms with Gasteiger partial charge in [-0.2, -0.15) is 0 Å². The van der Waals surface area contributed by atoms with Gasteiger partial charge in [-0.3, -0.25) is 4.79 Å². The van der Waals surface area contributed by atoms with Crippen molar-refractivity contribution in [2.75, 3.05) is 6.54 Å². The number of carbonyl (C=O) groups is 1. The molecule has 0 radical (unpaired) electrons. The van der Waals surface area contributed by atoms with Gasteiger partial charge in [0.2, 0.25) is 5.91 Å². The molecule has 1 N–H and O–H groups in total. The van der Waals surface area contributed by atoms with Crippen molar-refractivity contribution >= 4 is 5.91 Å². The minimum absolute atomic E-state index is 0.152. The lowest BCUT2D eigenvalue weighted by Gasteiger charge is -2.57. The quantitative estimate of drug-likeness (QED) is 0.544. The van der Waals surface area contributed by atoms with Crippen LogP contribution >= 0.6 is 0 Å². The van der Waals surface area contributed by atoms with E-state index in [0.29, 0.717) is 5.41 Å². The molecule has 3 saturated carbocycles. The summed E-state index contributed by atoms with van der Waals surface area (Å²) in [5.41, 5.74) is 2.29. The molecule has 0 unspecified atom stereocenters. The Kier molecular flexibility index (Phi) is 5.95. The number of carbonyl (C=O) groups excluding carboxylic acids is 1. The minimum atomic E-state index is 0.152. The first kappa shape index (κ1) is 21.4. The van der Waals surface area contributed by atoms with E-state index >= 15 is 0 Å². The highest BCUT2D eigenvalue weighted by Gasteiger charge is 2.59. The summed E-state index contributed by atoms with van der Waals surface area (Å²) in [6.45, 7) is 13.3. The third-order valence-electron chi connectivity index (χ3n) is 10.2. The molecular formula is C27H45NO. The molecule has 2 nitrogen and oxygen atoms in total. The number of allylic oxidation sites excluding steroid dienone is 1. The van der Waals surface area contributed by atoms with Crippen LogP contribution in [0, 0.1) is 46.3 Å². The molecule has 1 heterocycles. The highest BCUT2D eigenvalue weighted by atomic mass is 16.1. The Hall–Kier alpha value is -0.790. The lowest BCUT2D eigenvalue weighted by molar-refractivity contribution is -0.116. The molecule has 29 heavy (non-hydrogen) atoms. The van der Waals surface area contributed by atoms with Gasteiger partial charge in [0.05, 0.1) is 0 Å². The summed E-state index contributed by atoms with van der Waals surface area (Å²) in [4.78, 5) is 12.1. The Labute approximate surface area is 179 Å². The molecule has 0 saturated heterocycles. The van der Waals surface area contributed by atoms with E-state index in [2.05, 4.69) is 39.9 Å². The number of amides is 1. The fraction of sp³-hybridized carbons (Fsp3) is 0.889. The summed E-state index contributed by atoms with van der Waals surface area (Å²) >= 11 is 0. The Morgan fingerprint density at radius 3 is 2.59 bits per heavy atom. The van der Waals surface area contributed by atoms with Crippen molar-refractivity contribution < 1.29 is 4.79 Å². The van der Waals surface area contributed by atoms with E-state index in [-0.39, 0.29) is 11.3 Å². The molecular weight excluding hydrogens is 354 g/mol. The summed E-state index contributed by atoms with van der Waals surface area (Å²) in [5, 5.41) is 3.11. The van der Waals surface area contributed by atoms with E-state index in [4.69, 9.17) is 0 Å². The maximum atomic E-state index is 12.1. The van der Waals surface area contributed by atoms with Crippen LogP contribution in [0.5, 0.6) is 0 Å². The van der Waals surface area contributed by atoms with E-state index in [9.17, 15) is 4.79 Å². The Balaban J connectivity index is 1.50. The Bertz CT molecular complexity index is 651. The monoisotopic (exact) mass is 399 g/mol. The van der Waals surface area contributed by atoms with Crippen LogP contribution in [0.2, 0.25) is 0 Å². The lowest BCUT2D eigenvalue weighted by atomic mass is 9.47. The van der Waals surface area contributed by atoms with Crippen molar-refractivity contribution in [3.8, 4) is 0 Å². The van der Waals surface area contributed by atoms with Crippen LogP contribution in [0.15, 0.2) is 11.6 Å². The SMILES string of the molecule is CC(C)CCC[C@@H](C)[C@H]1CC[C@H]2[C@@H]3CCC4=CC(=O)NCC[C@]4(C)[C@H]3CC[C@]12C. The molecule has 3 aliphatic carbocycles. The fourth-order valence-corrected chi connectivity index (χ4v) is 8.59. The summed E-state index contributed by atoms with van der Waals surface area (Å²) < 4.78 is 0. The van der Waals surface area contributed by atoms with Gasteiger partial charge >= 0.3 is 0 Å². The zero-order valence-corrected chi connectivity index (χ0v) is 19.7. The molecule has 0 aromatic rings. The third kappa shape index (κ3) is 3.72. The number of hydrogen-bond acceptors (Lipinski definition) is 1. The molecule has 4 rings (SSSR count). The maximum Gasteiger partial charge on any atom is 0.243 e. The van der Waals surface area contributed by atoms with Crippen molar-refractivity contribution in [2.24, 2.45) is 46.3 Å². The topological polar surface area (TPSA) is 29.1 Å². The molecule has 0 bridgehead atoms. The second-order valence-electron chi connectivity index (χ2n) is 12.1. The Morgan fingerprint density at radius 2 is 1.83 bits per heavy atom. The van der Waals surface area contributed by atoms with Gasteiger partial charge in [-0.1, -0.05) is 59.5 Å². The van der Waals surface area contributed by atoms with E-state index in [1.807, 2.05) is 6.08 Å². The summed E-state index contributed by atoms with van der Waals surface area (Å²) in [5.74, 6) is 5.41. The summed E-state index contributed by atoms with van der Waals surface area (Å²) in [7, 11) is 0. The fourth-order valence-electron chi connectivity index (χ4n) is 8.59. The lowest BCUT2D eigenvalue weighted by Crippen LogP contribution is -2.50. The average molecular weight is 400 g/mol. The van der Waals surface area contributed by atoms with Gasteiger partial charge < -0.3 is 5.32 Å². The van der Waals surface area contributed by atoms with Gasteiger partial charge in [-0.05, 0) is 91.3 Å². The van der Waals surface area contributed by atoms with Crippen LogP contribution in [0.25, 0.3) is 0 Å². The highest BCUT2D eigenvalue weighted by Crippen LogP contribution is 2.67. The maximum absolute atomic E-state index is 12.1. The first-order valence-corrected chi connectivity index (χ1v) is 12.7. The van der Waals surface area contributed by atoms with Crippen molar-refractivity contribution in [3.63, 3.8) is 0 Å². The van der Waals surface area contributed by atoms with E-state index < -0.39 is 0 Å². The predicted molar refractivity (Wildman–Crippen MR) is 121 cm³/mol. The summed E-state index contributed by atoms with van der Waals surface area (Å²) in [6.07, 6.45) is 15.6. The van der Waals surface area contributed by atoms with Crippen LogP contribution in [-0.4, -0.2) is 12.5 Å². The molecule has 164 valence electrons. The molecule has 1 amide bonds. The van der Waals surface area contributed by atoms with Gasteiger partial charge in [0.25, 0.3) is 0 Å². The van der Waals surface area contributed by atoms with Crippen LogP contribution in [0.1, 0.15) is 98.8 Å². The van der Waals surface area contributed by atoms with Crippen molar-refractivity contribution in [2.45, 2.75) is 98.8 Å². The van der Waals surface area contributed by atoms with Gasteiger partial charge in [0.1, 0.15) is 0 Å². The predicted octanol–water partition coefficient (Wildman–Crippen LogP) is 6.75. The van der Waals surface area contributed by atoms with Gasteiger partial charge in [0, 0.05) is 12.6 Å². The molecule has 1 aliphatic heterocycles. The molecule has 0 aromatic carbocycles. The molecule has 7 atom stereocenters. The first-order chi connectivity index (χ1) is 13.8. The molecule has 2 heteroatoms. The van der Waals surface area contributed by atoms with Crippen molar-refractivity contribution in [1.82, 2.24) is 5.32 Å². The molecule has 0 spiro atoms. The second-order valence-corrected chi connectivity index (χ2v) is 12.1. The molecule has 0 aromatic heterocycles. The van der Waals surface area contributed by atoms with Crippen molar-refractivity contribution in [3.05, 3.63) is 11.6 Å². The molecule has 3 fully saturated rings. The zero-order chi connectivity index (χ0) is 20.8. The van der Waals surface area contributed by atoms with Crippen molar-refractivity contribution in [1.29, 1.82) is 0 Å². The second kappa shape index (κ2) is 8.04. The van der Waals surface area contributed by atoms with E-state index in [1.165, 1.54) is 56.9 Å². The molecule has 4 aliphatic rings. The van der Waals surface area contributed by atoms with Crippen LogP contribution < -0.4 is 5.32 Å². The van der Waals surface area contributed by atoms with Crippen LogP contribution in [-0.2, 0) is 4.79 Å². The van der Waals surface area contributed by atoms with Crippen LogP contribution in [0.3, 0.4) is 0 Å². The standard InChI is InChI=1S/C27H45NO/c1-18(2)7-6-8-19(3)22-11-12-23-21-10-9-20-17-25(29)28-16-15-26(20,4)24(21)13-14-27(22,23)5/h17-19,21-24H,6-16H2,1-5H3,(H,28,29)/t19-,21+,22-,23+,24+,26+,27-/m1/s1. The van der Waals surface area contributed by atoms with Gasteiger partial charge in [-0.25, -0.2) is 0 Å². The van der Waals surface area contributed by atoms with Gasteiger partial charge in [-0.15, -0.1) is 0 Å². The summed E-state index contributed by atoms with van der Waals surface area (Å²) in [6, 6.07) is 0. The highest BCUT2D eigenvalue weighted by molar-refractivity contribution is 5.88. The normalized spacial score (nSPS) is 43.0. The minimum Gasteiger partial charge on any atom is -0.353 e. The zero-order valence-electron chi connectivity index (χ0n) is 19.7. The number of fused-ring (bicyclic) bond motifs is 5. The largest absolute Gasteiger partial charge is 0.353 e. The number of hydrogen-bond donors (Lipinski definition) is 1. The van der Waals surface area contributed by atoms with Gasteiger partial charge in [0.15, 0.2) is 0 Å². The van der Waals surface area contributed by atoms with E-state index in [1.54, 1.807) is 0 Å². The van der Waals surface area contributed by atoms with E-state index in [0.717, 1.165) is 54.9 Å². The smallest absolute Gasteiger partial charge is 0.243 e. The Morgan fingerprint density at radius 1 is 1.03 bits per heavy atom. The van der Waals surface area contributed by atoms with Crippen LogP contribution in [0.4, 0.5) is 0 Å². The first-order valence-electron chi connectivity index (χ1n) is 12.7.